The average Bonchev–Trinajstić information content (AvgIpc) is 2.69. The predicted molar refractivity (Wildman–Crippen MR) is 69.6 cm³/mol. The molecule has 3 N–H and O–H groups in total. The van der Waals surface area contributed by atoms with Crippen molar-refractivity contribution in [1.29, 1.82) is 0 Å². The zero-order valence-corrected chi connectivity index (χ0v) is 10.8. The van der Waals surface area contributed by atoms with E-state index in [9.17, 15) is 4.39 Å². The van der Waals surface area contributed by atoms with Crippen LogP contribution in [0.1, 0.15) is 22.7 Å². The van der Waals surface area contributed by atoms with Crippen molar-refractivity contribution in [2.45, 2.75) is 13.0 Å². The molecule has 2 nitrogen and oxygen atoms in total. The highest BCUT2D eigenvalue weighted by Crippen LogP contribution is 2.29. The Morgan fingerprint density at radius 1 is 1.35 bits per heavy atom. The Kier molecular flexibility index (Phi) is 3.79. The van der Waals surface area contributed by atoms with Crippen molar-refractivity contribution in [3.63, 3.8) is 0 Å². The molecule has 0 aliphatic heterocycles. The molecular weight excluding hydrogens is 259 g/mol. The van der Waals surface area contributed by atoms with E-state index in [0.717, 1.165) is 11.1 Å². The molecule has 0 saturated carbocycles. The maximum absolute atomic E-state index is 13.8. The normalized spacial score (nSPS) is 12.7. The molecule has 0 fully saturated rings. The SMILES string of the molecule is Cc1cscc1C(NN)c1ccc(Cl)cc1F. The number of thiophene rings is 1. The highest BCUT2D eigenvalue weighted by Gasteiger charge is 2.18. The molecular formula is C12H12ClFN2S. The minimum absolute atomic E-state index is 0.349. The number of aryl methyl sites for hydroxylation is 1. The minimum Gasteiger partial charge on any atom is -0.271 e. The standard InChI is InChI=1S/C12H12ClFN2S/c1-7-5-17-6-10(7)12(16-15)9-3-2-8(13)4-11(9)14/h2-6,12,16H,15H2,1H3. The van der Waals surface area contributed by atoms with Crippen molar-refractivity contribution in [3.8, 4) is 0 Å². The lowest BCUT2D eigenvalue weighted by molar-refractivity contribution is 0.560. The fourth-order valence-electron chi connectivity index (χ4n) is 1.75. The van der Waals surface area contributed by atoms with Gasteiger partial charge in [0, 0.05) is 10.6 Å². The maximum Gasteiger partial charge on any atom is 0.129 e. The third kappa shape index (κ3) is 2.50. The molecule has 0 aliphatic rings. The van der Waals surface area contributed by atoms with Gasteiger partial charge in [0.15, 0.2) is 0 Å². The Hall–Kier alpha value is -0.940. The molecule has 0 amide bonds. The number of rotatable bonds is 3. The second-order valence-electron chi connectivity index (χ2n) is 3.78. The van der Waals surface area contributed by atoms with Gasteiger partial charge < -0.3 is 0 Å². The van der Waals surface area contributed by atoms with Gasteiger partial charge in [0.05, 0.1) is 6.04 Å². The number of hydrazine groups is 1. The smallest absolute Gasteiger partial charge is 0.129 e. The Bertz CT molecular complexity index is 527. The predicted octanol–water partition coefficient (Wildman–Crippen LogP) is 3.40. The van der Waals surface area contributed by atoms with Crippen molar-refractivity contribution in [3.05, 3.63) is 56.5 Å². The van der Waals surface area contributed by atoms with Crippen LogP contribution < -0.4 is 11.3 Å². The third-order valence-electron chi connectivity index (χ3n) is 2.65. The summed E-state index contributed by atoms with van der Waals surface area (Å²) in [6, 6.07) is 4.26. The van der Waals surface area contributed by atoms with E-state index in [-0.39, 0.29) is 11.9 Å². The molecule has 2 rings (SSSR count). The number of nitrogens with two attached hydrogens (primary N) is 1. The molecule has 1 atom stereocenters. The first kappa shape index (κ1) is 12.5. The third-order valence-corrected chi connectivity index (χ3v) is 3.76. The molecule has 0 bridgehead atoms. The van der Waals surface area contributed by atoms with Crippen LogP contribution in [0, 0.1) is 12.7 Å². The van der Waals surface area contributed by atoms with E-state index in [1.54, 1.807) is 23.5 Å². The van der Waals surface area contributed by atoms with Crippen molar-refractivity contribution in [2.24, 2.45) is 5.84 Å². The van der Waals surface area contributed by atoms with Gasteiger partial charge in [0.2, 0.25) is 0 Å². The van der Waals surface area contributed by atoms with Gasteiger partial charge >= 0.3 is 0 Å². The van der Waals surface area contributed by atoms with Crippen LogP contribution in [-0.2, 0) is 0 Å². The zero-order valence-electron chi connectivity index (χ0n) is 9.21. The summed E-state index contributed by atoms with van der Waals surface area (Å²) in [4.78, 5) is 0. The van der Waals surface area contributed by atoms with E-state index in [2.05, 4.69) is 5.43 Å². The number of hydrogen-bond acceptors (Lipinski definition) is 3. The summed E-state index contributed by atoms with van der Waals surface area (Å²) in [6.45, 7) is 1.98. The van der Waals surface area contributed by atoms with Crippen LogP contribution in [0.4, 0.5) is 4.39 Å². The molecule has 1 unspecified atom stereocenters. The van der Waals surface area contributed by atoms with Crippen LogP contribution in [0.2, 0.25) is 5.02 Å². The summed E-state index contributed by atoms with van der Waals surface area (Å²) >= 11 is 7.30. The van der Waals surface area contributed by atoms with Crippen LogP contribution in [0.3, 0.4) is 0 Å². The van der Waals surface area contributed by atoms with Gasteiger partial charge in [-0.2, -0.15) is 11.3 Å². The second-order valence-corrected chi connectivity index (χ2v) is 4.96. The first-order valence-corrected chi connectivity index (χ1v) is 6.39. The molecule has 1 heterocycles. The molecule has 2 aromatic rings. The Morgan fingerprint density at radius 2 is 2.12 bits per heavy atom. The Balaban J connectivity index is 2.46. The Labute approximate surface area is 108 Å². The first-order chi connectivity index (χ1) is 8.13. The van der Waals surface area contributed by atoms with E-state index in [0.29, 0.717) is 10.6 Å². The minimum atomic E-state index is -0.356. The van der Waals surface area contributed by atoms with Crippen molar-refractivity contribution < 1.29 is 4.39 Å². The maximum atomic E-state index is 13.8. The fraction of sp³-hybridized carbons (Fsp3) is 0.167. The molecule has 1 aromatic heterocycles. The monoisotopic (exact) mass is 270 g/mol. The molecule has 0 aliphatic carbocycles. The molecule has 5 heteroatoms. The summed E-state index contributed by atoms with van der Waals surface area (Å²) in [6.07, 6.45) is 0. The van der Waals surface area contributed by atoms with E-state index in [1.165, 1.54) is 6.07 Å². The largest absolute Gasteiger partial charge is 0.271 e. The van der Waals surface area contributed by atoms with Crippen molar-refractivity contribution in [1.82, 2.24) is 5.43 Å². The first-order valence-electron chi connectivity index (χ1n) is 5.07. The molecule has 17 heavy (non-hydrogen) atoms. The van der Waals surface area contributed by atoms with Gasteiger partial charge in [-0.15, -0.1) is 0 Å². The number of halogens is 2. The Morgan fingerprint density at radius 3 is 2.65 bits per heavy atom. The van der Waals surface area contributed by atoms with Gasteiger partial charge in [-0.1, -0.05) is 17.7 Å². The van der Waals surface area contributed by atoms with Crippen LogP contribution >= 0.6 is 22.9 Å². The lowest BCUT2D eigenvalue weighted by Crippen LogP contribution is -2.29. The van der Waals surface area contributed by atoms with E-state index in [1.807, 2.05) is 17.7 Å². The lowest BCUT2D eigenvalue weighted by atomic mass is 9.99. The molecule has 0 spiro atoms. The molecule has 90 valence electrons. The number of benzene rings is 1. The van der Waals surface area contributed by atoms with Gasteiger partial charge in [-0.05, 0) is 40.9 Å². The highest BCUT2D eigenvalue weighted by atomic mass is 35.5. The van der Waals surface area contributed by atoms with Crippen molar-refractivity contribution in [2.75, 3.05) is 0 Å². The number of nitrogens with one attached hydrogen (secondary N) is 1. The summed E-state index contributed by atoms with van der Waals surface area (Å²) < 4.78 is 13.8. The highest BCUT2D eigenvalue weighted by molar-refractivity contribution is 7.08. The topological polar surface area (TPSA) is 38.0 Å². The van der Waals surface area contributed by atoms with Crippen LogP contribution in [-0.4, -0.2) is 0 Å². The van der Waals surface area contributed by atoms with E-state index < -0.39 is 0 Å². The van der Waals surface area contributed by atoms with Gasteiger partial charge in [-0.3, -0.25) is 5.84 Å². The summed E-state index contributed by atoms with van der Waals surface area (Å²) in [7, 11) is 0. The van der Waals surface area contributed by atoms with Crippen LogP contribution in [0.15, 0.2) is 29.0 Å². The van der Waals surface area contributed by atoms with Gasteiger partial charge in [0.25, 0.3) is 0 Å². The molecule has 0 saturated heterocycles. The second kappa shape index (κ2) is 5.14. The summed E-state index contributed by atoms with van der Waals surface area (Å²) in [5, 5.41) is 4.35. The summed E-state index contributed by atoms with van der Waals surface area (Å²) in [5.41, 5.74) is 5.22. The lowest BCUT2D eigenvalue weighted by Gasteiger charge is -2.17. The van der Waals surface area contributed by atoms with E-state index >= 15 is 0 Å². The van der Waals surface area contributed by atoms with Crippen LogP contribution in [0.5, 0.6) is 0 Å². The van der Waals surface area contributed by atoms with Crippen molar-refractivity contribution >= 4 is 22.9 Å². The number of hydrogen-bond donors (Lipinski definition) is 2. The summed E-state index contributed by atoms with van der Waals surface area (Å²) in [5.74, 6) is 5.17. The van der Waals surface area contributed by atoms with Gasteiger partial charge in [0.1, 0.15) is 5.82 Å². The molecule has 1 aromatic carbocycles. The van der Waals surface area contributed by atoms with E-state index in [4.69, 9.17) is 17.4 Å². The van der Waals surface area contributed by atoms with Gasteiger partial charge in [-0.25, -0.2) is 9.82 Å². The van der Waals surface area contributed by atoms with Crippen LogP contribution in [0.25, 0.3) is 0 Å². The fourth-order valence-corrected chi connectivity index (χ4v) is 2.78. The average molecular weight is 271 g/mol. The quantitative estimate of drug-likeness (QED) is 0.663. The molecule has 0 radical (unpaired) electrons. The zero-order chi connectivity index (χ0) is 12.4.